The van der Waals surface area contributed by atoms with Crippen LogP contribution in [0.1, 0.15) is 47.5 Å². The van der Waals surface area contributed by atoms with E-state index < -0.39 is 5.97 Å². The van der Waals surface area contributed by atoms with Crippen molar-refractivity contribution >= 4 is 17.5 Å². The minimum atomic E-state index is -0.456. The van der Waals surface area contributed by atoms with E-state index in [0.29, 0.717) is 23.6 Å². The van der Waals surface area contributed by atoms with Gasteiger partial charge >= 0.3 is 5.97 Å². The van der Waals surface area contributed by atoms with Crippen molar-refractivity contribution in [2.75, 3.05) is 7.11 Å². The zero-order chi connectivity index (χ0) is 19.4. The standard InChI is InChI=1S/C20H21N3O3S/c1-20(2,3)19-22-16(27-23-19)12-13-8-7-11-21-17(13)26-15-10-6-5-9-14(15)18(24)25-4/h5-11H,12H2,1-4H3. The molecule has 7 heteroatoms. The highest BCUT2D eigenvalue weighted by atomic mass is 32.1. The molecule has 0 aliphatic carbocycles. The first-order valence-corrected chi connectivity index (χ1v) is 9.28. The maximum atomic E-state index is 12.0. The number of aromatic nitrogens is 3. The first kappa shape index (κ1) is 19.0. The topological polar surface area (TPSA) is 74.2 Å². The van der Waals surface area contributed by atoms with Gasteiger partial charge < -0.3 is 9.47 Å². The molecule has 0 atom stereocenters. The summed E-state index contributed by atoms with van der Waals surface area (Å²) in [5.74, 6) is 1.20. The number of carbonyl (C=O) groups is 1. The lowest BCUT2D eigenvalue weighted by Gasteiger charge is -2.12. The van der Waals surface area contributed by atoms with Crippen molar-refractivity contribution < 1.29 is 14.3 Å². The highest BCUT2D eigenvalue weighted by Gasteiger charge is 2.21. The number of carbonyl (C=O) groups excluding carboxylic acids is 1. The molecule has 0 N–H and O–H groups in total. The second kappa shape index (κ2) is 7.84. The predicted octanol–water partition coefficient (Wildman–Crippen LogP) is 4.40. The lowest BCUT2D eigenvalue weighted by molar-refractivity contribution is 0.0598. The van der Waals surface area contributed by atoms with Gasteiger partial charge in [0.2, 0.25) is 5.88 Å². The molecule has 0 saturated heterocycles. The number of methoxy groups -OCH3 is 1. The van der Waals surface area contributed by atoms with Crippen molar-refractivity contribution in [3.63, 3.8) is 0 Å². The highest BCUT2D eigenvalue weighted by molar-refractivity contribution is 7.05. The van der Waals surface area contributed by atoms with Crippen molar-refractivity contribution in [3.8, 4) is 11.6 Å². The molecular formula is C20H21N3O3S. The average molecular weight is 383 g/mol. The first-order chi connectivity index (χ1) is 12.9. The third-order valence-corrected chi connectivity index (χ3v) is 4.54. The van der Waals surface area contributed by atoms with Crippen LogP contribution in [-0.2, 0) is 16.6 Å². The Morgan fingerprint density at radius 1 is 1.15 bits per heavy atom. The van der Waals surface area contributed by atoms with E-state index in [9.17, 15) is 4.79 Å². The Morgan fingerprint density at radius 2 is 1.93 bits per heavy atom. The number of benzene rings is 1. The molecule has 0 saturated carbocycles. The summed E-state index contributed by atoms with van der Waals surface area (Å²) in [7, 11) is 1.34. The van der Waals surface area contributed by atoms with Gasteiger partial charge in [-0.2, -0.15) is 4.37 Å². The van der Waals surface area contributed by atoms with E-state index >= 15 is 0 Å². The van der Waals surface area contributed by atoms with Gasteiger partial charge in [-0.15, -0.1) is 0 Å². The van der Waals surface area contributed by atoms with Crippen molar-refractivity contribution in [1.82, 2.24) is 14.3 Å². The third-order valence-electron chi connectivity index (χ3n) is 3.83. The first-order valence-electron chi connectivity index (χ1n) is 8.50. The molecule has 27 heavy (non-hydrogen) atoms. The van der Waals surface area contributed by atoms with E-state index in [1.165, 1.54) is 18.6 Å². The molecule has 1 aromatic carbocycles. The van der Waals surface area contributed by atoms with Gasteiger partial charge in [0.1, 0.15) is 22.1 Å². The largest absolute Gasteiger partial charge is 0.465 e. The Kier molecular flexibility index (Phi) is 5.51. The molecule has 0 bridgehead atoms. The Labute approximate surface area is 162 Å². The van der Waals surface area contributed by atoms with Crippen molar-refractivity contribution in [1.29, 1.82) is 0 Å². The minimum absolute atomic E-state index is 0.0948. The summed E-state index contributed by atoms with van der Waals surface area (Å²) >= 11 is 1.38. The minimum Gasteiger partial charge on any atom is -0.465 e. The van der Waals surface area contributed by atoms with E-state index in [-0.39, 0.29) is 5.41 Å². The molecule has 6 nitrogen and oxygen atoms in total. The number of pyridine rings is 1. The van der Waals surface area contributed by atoms with Gasteiger partial charge in [-0.1, -0.05) is 39.0 Å². The SMILES string of the molecule is COC(=O)c1ccccc1Oc1ncccc1Cc1nc(C(C)(C)C)ns1. The van der Waals surface area contributed by atoms with Crippen molar-refractivity contribution in [2.45, 2.75) is 32.6 Å². The molecule has 140 valence electrons. The summed E-state index contributed by atoms with van der Waals surface area (Å²) in [4.78, 5) is 20.9. The van der Waals surface area contributed by atoms with Crippen LogP contribution in [0.2, 0.25) is 0 Å². The van der Waals surface area contributed by atoms with E-state index in [1.807, 2.05) is 12.1 Å². The predicted molar refractivity (Wildman–Crippen MR) is 104 cm³/mol. The molecule has 0 fully saturated rings. The van der Waals surface area contributed by atoms with Gasteiger partial charge in [-0.25, -0.2) is 14.8 Å². The highest BCUT2D eigenvalue weighted by Crippen LogP contribution is 2.29. The summed E-state index contributed by atoms with van der Waals surface area (Å²) in [6, 6.07) is 10.7. The maximum absolute atomic E-state index is 12.0. The number of hydrogen-bond acceptors (Lipinski definition) is 7. The van der Waals surface area contributed by atoms with Gasteiger partial charge in [0.15, 0.2) is 0 Å². The summed E-state index contributed by atoms with van der Waals surface area (Å²) in [5.41, 5.74) is 1.12. The number of ether oxygens (including phenoxy) is 2. The van der Waals surface area contributed by atoms with Crippen LogP contribution in [0.4, 0.5) is 0 Å². The smallest absolute Gasteiger partial charge is 0.341 e. The summed E-state index contributed by atoms with van der Waals surface area (Å²) in [5, 5.41) is 0.888. The van der Waals surface area contributed by atoms with Crippen LogP contribution in [0, 0.1) is 0 Å². The number of rotatable bonds is 5. The fourth-order valence-electron chi connectivity index (χ4n) is 2.38. The van der Waals surface area contributed by atoms with Gasteiger partial charge in [-0.05, 0) is 29.7 Å². The second-order valence-corrected chi connectivity index (χ2v) is 7.83. The fraction of sp³-hybridized carbons (Fsp3) is 0.300. The van der Waals surface area contributed by atoms with E-state index in [2.05, 4.69) is 35.1 Å². The average Bonchev–Trinajstić information content (AvgIpc) is 3.12. The van der Waals surface area contributed by atoms with Gasteiger partial charge in [-0.3, -0.25) is 0 Å². The van der Waals surface area contributed by atoms with E-state index in [1.54, 1.807) is 30.5 Å². The van der Waals surface area contributed by atoms with E-state index in [4.69, 9.17) is 9.47 Å². The molecule has 3 rings (SSSR count). The lowest BCUT2D eigenvalue weighted by Crippen LogP contribution is -2.13. The monoisotopic (exact) mass is 383 g/mol. The van der Waals surface area contributed by atoms with Crippen LogP contribution < -0.4 is 4.74 Å². The van der Waals surface area contributed by atoms with Crippen LogP contribution in [0.15, 0.2) is 42.6 Å². The Balaban J connectivity index is 1.87. The van der Waals surface area contributed by atoms with Crippen LogP contribution in [0.5, 0.6) is 11.6 Å². The summed E-state index contributed by atoms with van der Waals surface area (Å²) < 4.78 is 15.2. The van der Waals surface area contributed by atoms with Crippen molar-refractivity contribution in [3.05, 3.63) is 64.6 Å². The molecule has 3 aromatic rings. The molecule has 0 aliphatic heterocycles. The number of nitrogens with zero attached hydrogens (tertiary/aromatic N) is 3. The molecule has 0 radical (unpaired) electrons. The molecule has 2 aromatic heterocycles. The van der Waals surface area contributed by atoms with Gasteiger partial charge in [0.05, 0.1) is 7.11 Å². The zero-order valence-corrected chi connectivity index (χ0v) is 16.5. The maximum Gasteiger partial charge on any atom is 0.341 e. The van der Waals surface area contributed by atoms with E-state index in [0.717, 1.165) is 16.4 Å². The van der Waals surface area contributed by atoms with Crippen LogP contribution >= 0.6 is 11.5 Å². The molecule has 0 aliphatic rings. The van der Waals surface area contributed by atoms with Crippen LogP contribution in [0.3, 0.4) is 0 Å². The molecule has 0 unspecified atom stereocenters. The van der Waals surface area contributed by atoms with Gasteiger partial charge in [0, 0.05) is 23.6 Å². The van der Waals surface area contributed by atoms with Crippen molar-refractivity contribution in [2.24, 2.45) is 0 Å². The Bertz CT molecular complexity index is 947. The summed E-state index contributed by atoms with van der Waals surface area (Å²) in [6.07, 6.45) is 2.21. The third kappa shape index (κ3) is 4.49. The molecular weight excluding hydrogens is 362 g/mol. The zero-order valence-electron chi connectivity index (χ0n) is 15.7. The Hall–Kier alpha value is -2.80. The normalized spacial score (nSPS) is 11.3. The van der Waals surface area contributed by atoms with Gasteiger partial charge in [0.25, 0.3) is 0 Å². The quantitative estimate of drug-likeness (QED) is 0.608. The molecule has 2 heterocycles. The molecule has 0 spiro atoms. The summed E-state index contributed by atoms with van der Waals surface area (Å²) in [6.45, 7) is 6.25. The van der Waals surface area contributed by atoms with Crippen LogP contribution in [-0.4, -0.2) is 27.4 Å². The molecule has 0 amide bonds. The number of hydrogen-bond donors (Lipinski definition) is 0. The number of esters is 1. The lowest BCUT2D eigenvalue weighted by atomic mass is 9.96. The van der Waals surface area contributed by atoms with Crippen LogP contribution in [0.25, 0.3) is 0 Å². The fourth-order valence-corrected chi connectivity index (χ4v) is 3.24. The second-order valence-electron chi connectivity index (χ2n) is 7.00. The Morgan fingerprint density at radius 3 is 2.63 bits per heavy atom. The number of para-hydroxylation sites is 1.